The van der Waals surface area contributed by atoms with E-state index in [-0.39, 0.29) is 10.6 Å². The monoisotopic (exact) mass is 240 g/mol. The molecule has 1 N–H and O–H groups in total. The Bertz CT molecular complexity index is 387. The molecule has 0 spiro atoms. The molecule has 0 atom stereocenters. The van der Waals surface area contributed by atoms with E-state index in [0.717, 1.165) is 25.8 Å². The Morgan fingerprint density at radius 3 is 2.65 bits per heavy atom. The minimum atomic E-state index is -0.358. The summed E-state index contributed by atoms with van der Waals surface area (Å²) in [6.07, 6.45) is 2.95. The number of hydrogen-bond acceptors (Lipinski definition) is 4. The number of unbranched alkanes of at least 4 members (excludes halogenated alkanes) is 1. The highest BCUT2D eigenvalue weighted by Crippen LogP contribution is 2.28. The molecular formula is C11H20N4O2. The SMILES string of the molecule is CCCCNc1c([N+](=O)[O-])c(C)nn1CCC. The van der Waals surface area contributed by atoms with Crippen LogP contribution in [0, 0.1) is 17.0 Å². The Kier molecular flexibility index (Phi) is 4.93. The lowest BCUT2D eigenvalue weighted by Crippen LogP contribution is -2.10. The van der Waals surface area contributed by atoms with E-state index < -0.39 is 0 Å². The number of rotatable bonds is 7. The molecule has 0 aromatic carbocycles. The largest absolute Gasteiger partial charge is 0.365 e. The van der Waals surface area contributed by atoms with Crippen LogP contribution in [-0.2, 0) is 6.54 Å². The van der Waals surface area contributed by atoms with Crippen molar-refractivity contribution in [1.29, 1.82) is 0 Å². The zero-order valence-electron chi connectivity index (χ0n) is 10.7. The highest BCUT2D eigenvalue weighted by atomic mass is 16.6. The van der Waals surface area contributed by atoms with Gasteiger partial charge in [-0.25, -0.2) is 4.68 Å². The number of nitrogens with one attached hydrogen (secondary N) is 1. The van der Waals surface area contributed by atoms with Gasteiger partial charge in [0.15, 0.2) is 0 Å². The number of aryl methyl sites for hydroxylation is 2. The van der Waals surface area contributed by atoms with E-state index in [2.05, 4.69) is 17.3 Å². The first-order chi connectivity index (χ1) is 8.11. The van der Waals surface area contributed by atoms with Crippen LogP contribution in [0.15, 0.2) is 0 Å². The molecule has 0 amide bonds. The zero-order valence-corrected chi connectivity index (χ0v) is 10.7. The van der Waals surface area contributed by atoms with Gasteiger partial charge in [0.1, 0.15) is 5.69 Å². The molecule has 0 aliphatic rings. The summed E-state index contributed by atoms with van der Waals surface area (Å²) in [5, 5.41) is 18.3. The molecule has 1 aromatic rings. The quantitative estimate of drug-likeness (QED) is 0.452. The molecule has 1 heterocycles. The maximum atomic E-state index is 11.0. The average Bonchev–Trinajstić information content (AvgIpc) is 2.56. The topological polar surface area (TPSA) is 73.0 Å². The Labute approximate surface area is 101 Å². The van der Waals surface area contributed by atoms with E-state index >= 15 is 0 Å². The second-order valence-corrected chi connectivity index (χ2v) is 4.04. The van der Waals surface area contributed by atoms with Crippen LogP contribution >= 0.6 is 0 Å². The van der Waals surface area contributed by atoms with Gasteiger partial charge in [0.2, 0.25) is 5.82 Å². The first kappa shape index (κ1) is 13.5. The Balaban J connectivity index is 2.98. The summed E-state index contributed by atoms with van der Waals surface area (Å²) in [6.45, 7) is 7.23. The summed E-state index contributed by atoms with van der Waals surface area (Å²) in [5.41, 5.74) is 0.581. The van der Waals surface area contributed by atoms with E-state index in [0.29, 0.717) is 18.1 Å². The van der Waals surface area contributed by atoms with Crippen LogP contribution < -0.4 is 5.32 Å². The summed E-state index contributed by atoms with van der Waals surface area (Å²) in [5.74, 6) is 0.544. The molecule has 0 aliphatic carbocycles. The van der Waals surface area contributed by atoms with E-state index in [4.69, 9.17) is 0 Å². The molecular weight excluding hydrogens is 220 g/mol. The zero-order chi connectivity index (χ0) is 12.8. The molecule has 0 bridgehead atoms. The molecule has 0 aliphatic heterocycles. The van der Waals surface area contributed by atoms with Crippen LogP contribution in [0.5, 0.6) is 0 Å². The van der Waals surface area contributed by atoms with E-state index in [1.807, 2.05) is 6.92 Å². The number of nitro groups is 1. The highest BCUT2D eigenvalue weighted by Gasteiger charge is 2.24. The molecule has 0 unspecified atom stereocenters. The Hall–Kier alpha value is -1.59. The molecule has 0 fully saturated rings. The van der Waals surface area contributed by atoms with Crippen molar-refractivity contribution in [2.45, 2.75) is 46.6 Å². The average molecular weight is 240 g/mol. The lowest BCUT2D eigenvalue weighted by atomic mass is 10.3. The molecule has 0 radical (unpaired) electrons. The van der Waals surface area contributed by atoms with Crippen molar-refractivity contribution < 1.29 is 4.92 Å². The van der Waals surface area contributed by atoms with Crippen molar-refractivity contribution in [3.05, 3.63) is 15.8 Å². The van der Waals surface area contributed by atoms with Crippen LogP contribution in [0.3, 0.4) is 0 Å². The van der Waals surface area contributed by atoms with Crippen molar-refractivity contribution in [3.63, 3.8) is 0 Å². The summed E-state index contributed by atoms with van der Waals surface area (Å²) < 4.78 is 1.70. The highest BCUT2D eigenvalue weighted by molar-refractivity contribution is 5.59. The lowest BCUT2D eigenvalue weighted by Gasteiger charge is -2.07. The van der Waals surface area contributed by atoms with Gasteiger partial charge in [-0.3, -0.25) is 10.1 Å². The molecule has 17 heavy (non-hydrogen) atoms. The Morgan fingerprint density at radius 1 is 1.41 bits per heavy atom. The van der Waals surface area contributed by atoms with Gasteiger partial charge in [0.05, 0.1) is 4.92 Å². The second kappa shape index (κ2) is 6.22. The number of hydrogen-bond donors (Lipinski definition) is 1. The van der Waals surface area contributed by atoms with Gasteiger partial charge < -0.3 is 5.32 Å². The molecule has 1 rings (SSSR count). The van der Waals surface area contributed by atoms with Crippen LogP contribution in [0.25, 0.3) is 0 Å². The lowest BCUT2D eigenvalue weighted by molar-refractivity contribution is -0.384. The molecule has 1 aromatic heterocycles. The standard InChI is InChI=1S/C11H20N4O2/c1-4-6-7-12-11-10(15(16)17)9(3)13-14(11)8-5-2/h12H,4-8H2,1-3H3. The first-order valence-corrected chi connectivity index (χ1v) is 6.07. The minimum Gasteiger partial charge on any atom is -0.365 e. The predicted octanol–water partition coefficient (Wildman–Crippen LogP) is 2.72. The summed E-state index contributed by atoms with van der Waals surface area (Å²) in [6, 6.07) is 0. The van der Waals surface area contributed by atoms with Crippen LogP contribution in [0.2, 0.25) is 0 Å². The molecule has 96 valence electrons. The third kappa shape index (κ3) is 3.18. The third-order valence-electron chi connectivity index (χ3n) is 2.54. The Morgan fingerprint density at radius 2 is 2.12 bits per heavy atom. The second-order valence-electron chi connectivity index (χ2n) is 4.04. The number of nitrogens with zero attached hydrogens (tertiary/aromatic N) is 3. The van der Waals surface area contributed by atoms with E-state index in [9.17, 15) is 10.1 Å². The number of anilines is 1. The van der Waals surface area contributed by atoms with Crippen molar-refractivity contribution in [2.24, 2.45) is 0 Å². The predicted molar refractivity (Wildman–Crippen MR) is 67.3 cm³/mol. The summed E-state index contributed by atoms with van der Waals surface area (Å²) in [7, 11) is 0. The van der Waals surface area contributed by atoms with Crippen molar-refractivity contribution >= 4 is 11.5 Å². The maximum Gasteiger partial charge on any atom is 0.333 e. The maximum absolute atomic E-state index is 11.0. The molecule has 0 saturated carbocycles. The minimum absolute atomic E-state index is 0.106. The van der Waals surface area contributed by atoms with Gasteiger partial charge in [-0.05, 0) is 19.8 Å². The van der Waals surface area contributed by atoms with Crippen molar-refractivity contribution in [2.75, 3.05) is 11.9 Å². The first-order valence-electron chi connectivity index (χ1n) is 6.07. The van der Waals surface area contributed by atoms with Crippen molar-refractivity contribution in [3.8, 4) is 0 Å². The summed E-state index contributed by atoms with van der Waals surface area (Å²) in [4.78, 5) is 10.6. The van der Waals surface area contributed by atoms with Crippen molar-refractivity contribution in [1.82, 2.24) is 9.78 Å². The van der Waals surface area contributed by atoms with Gasteiger partial charge in [-0.15, -0.1) is 0 Å². The molecule has 6 heteroatoms. The molecule has 6 nitrogen and oxygen atoms in total. The van der Waals surface area contributed by atoms with Crippen LogP contribution in [-0.4, -0.2) is 21.2 Å². The fourth-order valence-corrected chi connectivity index (χ4v) is 1.72. The van der Waals surface area contributed by atoms with E-state index in [1.165, 1.54) is 0 Å². The fourth-order valence-electron chi connectivity index (χ4n) is 1.72. The third-order valence-corrected chi connectivity index (χ3v) is 2.54. The number of aromatic nitrogens is 2. The van der Waals surface area contributed by atoms with Gasteiger partial charge in [0.25, 0.3) is 0 Å². The van der Waals surface area contributed by atoms with E-state index in [1.54, 1.807) is 11.6 Å². The van der Waals surface area contributed by atoms with Gasteiger partial charge in [-0.2, -0.15) is 5.10 Å². The van der Waals surface area contributed by atoms with Gasteiger partial charge in [0, 0.05) is 13.1 Å². The summed E-state index contributed by atoms with van der Waals surface area (Å²) >= 11 is 0. The fraction of sp³-hybridized carbons (Fsp3) is 0.727. The van der Waals surface area contributed by atoms with Crippen LogP contribution in [0.1, 0.15) is 38.8 Å². The van der Waals surface area contributed by atoms with Gasteiger partial charge >= 0.3 is 5.69 Å². The normalized spacial score (nSPS) is 10.5. The molecule has 0 saturated heterocycles. The van der Waals surface area contributed by atoms with Crippen LogP contribution in [0.4, 0.5) is 11.5 Å². The smallest absolute Gasteiger partial charge is 0.333 e. The van der Waals surface area contributed by atoms with Gasteiger partial charge in [-0.1, -0.05) is 20.3 Å².